The Morgan fingerprint density at radius 1 is 1.23 bits per heavy atom. The molecule has 1 aliphatic heterocycles. The number of guanidine groups is 1. The van der Waals surface area contributed by atoms with Crippen molar-refractivity contribution in [3.05, 3.63) is 53.8 Å². The van der Waals surface area contributed by atoms with Gasteiger partial charge in [-0.05, 0) is 29.8 Å². The van der Waals surface area contributed by atoms with Gasteiger partial charge in [0.25, 0.3) is 0 Å². The van der Waals surface area contributed by atoms with Crippen LogP contribution in [0.4, 0.5) is 4.39 Å². The Kier molecular flexibility index (Phi) is 7.31. The van der Waals surface area contributed by atoms with Gasteiger partial charge in [0.1, 0.15) is 12.7 Å². The molecule has 0 radical (unpaired) electrons. The molecule has 0 amide bonds. The van der Waals surface area contributed by atoms with Crippen LogP contribution in [0.25, 0.3) is 0 Å². The smallest absolute Gasteiger partial charge is 0.191 e. The van der Waals surface area contributed by atoms with Gasteiger partial charge >= 0.3 is 0 Å². The van der Waals surface area contributed by atoms with Crippen LogP contribution in [0.15, 0.2) is 47.5 Å². The number of para-hydroxylation sites is 2. The van der Waals surface area contributed by atoms with Gasteiger partial charge in [-0.1, -0.05) is 18.2 Å². The molecule has 6 nitrogen and oxygen atoms in total. The maximum absolute atomic E-state index is 13.3. The predicted octanol–water partition coefficient (Wildman–Crippen LogP) is 2.65. The van der Waals surface area contributed by atoms with E-state index in [1.165, 1.54) is 12.1 Å². The van der Waals surface area contributed by atoms with Crippen molar-refractivity contribution in [3.63, 3.8) is 0 Å². The van der Waals surface area contributed by atoms with Gasteiger partial charge in [-0.2, -0.15) is 0 Å². The molecule has 1 aliphatic rings. The van der Waals surface area contributed by atoms with Crippen LogP contribution in [0.1, 0.15) is 5.56 Å². The number of ether oxygens (including phenoxy) is 2. The Morgan fingerprint density at radius 3 is 2.73 bits per heavy atom. The quantitative estimate of drug-likeness (QED) is 0.362. The van der Waals surface area contributed by atoms with Crippen LogP contribution in [0.2, 0.25) is 0 Å². The second-order valence-corrected chi connectivity index (χ2v) is 5.59. The molecule has 26 heavy (non-hydrogen) atoms. The fourth-order valence-corrected chi connectivity index (χ4v) is 2.44. The summed E-state index contributed by atoms with van der Waals surface area (Å²) in [6.45, 7) is 1.34. The summed E-state index contributed by atoms with van der Waals surface area (Å²) in [6, 6.07) is 11.8. The van der Waals surface area contributed by atoms with Gasteiger partial charge in [-0.25, -0.2) is 4.39 Å². The van der Waals surface area contributed by atoms with Crippen molar-refractivity contribution in [2.24, 2.45) is 4.99 Å². The number of phenols is 1. The molecule has 2 aromatic rings. The van der Waals surface area contributed by atoms with Crippen molar-refractivity contribution >= 4 is 29.9 Å². The first kappa shape index (κ1) is 20.1. The monoisotopic (exact) mass is 473 g/mol. The number of nitrogens with one attached hydrogen (secondary N) is 2. The number of aromatic hydroxyl groups is 1. The van der Waals surface area contributed by atoms with Crippen molar-refractivity contribution in [1.82, 2.24) is 10.6 Å². The first-order chi connectivity index (χ1) is 12.2. The van der Waals surface area contributed by atoms with E-state index in [2.05, 4.69) is 15.6 Å². The lowest BCUT2D eigenvalue weighted by atomic mass is 10.2. The summed E-state index contributed by atoms with van der Waals surface area (Å²) in [5, 5.41) is 15.5. The van der Waals surface area contributed by atoms with Gasteiger partial charge in [0.15, 0.2) is 29.0 Å². The Morgan fingerprint density at radius 2 is 2.00 bits per heavy atom. The zero-order valence-electron chi connectivity index (χ0n) is 14.2. The van der Waals surface area contributed by atoms with E-state index < -0.39 is 5.82 Å². The zero-order chi connectivity index (χ0) is 17.6. The number of halogens is 2. The molecule has 0 aromatic heterocycles. The lowest BCUT2D eigenvalue weighted by Crippen LogP contribution is -2.45. The largest absolute Gasteiger partial charge is 0.505 e. The summed E-state index contributed by atoms with van der Waals surface area (Å²) in [5.74, 6) is 1.03. The van der Waals surface area contributed by atoms with Gasteiger partial charge in [-0.3, -0.25) is 4.99 Å². The van der Waals surface area contributed by atoms with Crippen LogP contribution in [-0.2, 0) is 6.54 Å². The molecular formula is C18H21FIN3O3. The van der Waals surface area contributed by atoms with Crippen LogP contribution in [-0.4, -0.2) is 37.4 Å². The van der Waals surface area contributed by atoms with Crippen LogP contribution in [0.5, 0.6) is 17.2 Å². The van der Waals surface area contributed by atoms with Crippen molar-refractivity contribution in [1.29, 1.82) is 0 Å². The third-order valence-corrected chi connectivity index (χ3v) is 3.76. The van der Waals surface area contributed by atoms with Gasteiger partial charge < -0.3 is 25.2 Å². The minimum absolute atomic E-state index is 0. The fraction of sp³-hybridized carbons (Fsp3) is 0.278. The minimum atomic E-state index is -0.645. The second kappa shape index (κ2) is 9.46. The Balaban J connectivity index is 0.00000243. The van der Waals surface area contributed by atoms with Gasteiger partial charge in [0.05, 0.1) is 6.54 Å². The molecule has 140 valence electrons. The molecule has 1 unspecified atom stereocenters. The SMILES string of the molecule is CN=C(NCc1ccc(O)c(F)c1)NCC1COc2ccccc2O1.I. The molecule has 1 heterocycles. The number of hydrogen-bond acceptors (Lipinski definition) is 4. The van der Waals surface area contributed by atoms with Crippen LogP contribution < -0.4 is 20.1 Å². The van der Waals surface area contributed by atoms with Crippen LogP contribution in [0, 0.1) is 5.82 Å². The Labute approximate surface area is 168 Å². The first-order valence-electron chi connectivity index (χ1n) is 7.96. The number of rotatable bonds is 4. The number of phenolic OH excluding ortho intramolecular Hbond substituents is 1. The lowest BCUT2D eigenvalue weighted by molar-refractivity contribution is 0.0936. The maximum atomic E-state index is 13.3. The van der Waals surface area contributed by atoms with Crippen molar-refractivity contribution < 1.29 is 19.0 Å². The Bertz CT molecular complexity index is 773. The predicted molar refractivity (Wildman–Crippen MR) is 108 cm³/mol. The molecule has 0 bridgehead atoms. The van der Waals surface area contributed by atoms with E-state index in [9.17, 15) is 9.50 Å². The Hall–Kier alpha value is -2.23. The summed E-state index contributed by atoms with van der Waals surface area (Å²) < 4.78 is 24.9. The van der Waals surface area contributed by atoms with Gasteiger partial charge in [0, 0.05) is 13.6 Å². The summed E-state index contributed by atoms with van der Waals surface area (Å²) in [5.41, 5.74) is 0.699. The number of hydrogen-bond donors (Lipinski definition) is 3. The molecule has 0 fully saturated rings. The number of fused-ring (bicyclic) bond motifs is 1. The summed E-state index contributed by atoms with van der Waals surface area (Å²) >= 11 is 0. The topological polar surface area (TPSA) is 75.1 Å². The van der Waals surface area contributed by atoms with Crippen LogP contribution >= 0.6 is 24.0 Å². The highest BCUT2D eigenvalue weighted by atomic mass is 127. The van der Waals surface area contributed by atoms with E-state index in [0.29, 0.717) is 31.2 Å². The third-order valence-electron chi connectivity index (χ3n) is 3.76. The van der Waals surface area contributed by atoms with Crippen LogP contribution in [0.3, 0.4) is 0 Å². The van der Waals surface area contributed by atoms with E-state index in [1.54, 1.807) is 13.1 Å². The molecule has 0 saturated heterocycles. The highest BCUT2D eigenvalue weighted by Gasteiger charge is 2.20. The standard InChI is InChI=1S/C18H20FN3O3.HI/c1-20-18(21-9-12-6-7-15(23)14(19)8-12)22-10-13-11-24-16-4-2-3-5-17(16)25-13;/h2-8,13,23H,9-11H2,1H3,(H2,20,21,22);1H. The lowest BCUT2D eigenvalue weighted by Gasteiger charge is -2.27. The number of benzene rings is 2. The fourth-order valence-electron chi connectivity index (χ4n) is 2.44. The molecule has 0 spiro atoms. The van der Waals surface area contributed by atoms with E-state index in [0.717, 1.165) is 11.5 Å². The molecule has 8 heteroatoms. The van der Waals surface area contributed by atoms with E-state index >= 15 is 0 Å². The zero-order valence-corrected chi connectivity index (χ0v) is 16.6. The first-order valence-corrected chi connectivity index (χ1v) is 7.96. The van der Waals surface area contributed by atoms with E-state index in [4.69, 9.17) is 9.47 Å². The second-order valence-electron chi connectivity index (χ2n) is 5.59. The molecule has 0 aliphatic carbocycles. The molecular weight excluding hydrogens is 452 g/mol. The molecule has 3 N–H and O–H groups in total. The molecule has 1 atom stereocenters. The number of nitrogens with zero attached hydrogens (tertiary/aromatic N) is 1. The summed E-state index contributed by atoms with van der Waals surface area (Å²) in [6.07, 6.45) is -0.139. The van der Waals surface area contributed by atoms with E-state index in [-0.39, 0.29) is 35.8 Å². The highest BCUT2D eigenvalue weighted by molar-refractivity contribution is 14.0. The maximum Gasteiger partial charge on any atom is 0.191 e. The summed E-state index contributed by atoms with van der Waals surface area (Å²) in [4.78, 5) is 4.13. The van der Waals surface area contributed by atoms with Gasteiger partial charge in [0.2, 0.25) is 0 Å². The normalized spacial score (nSPS) is 15.8. The average molecular weight is 473 g/mol. The molecule has 3 rings (SSSR count). The molecule has 0 saturated carbocycles. The number of aliphatic imine (C=N–C) groups is 1. The average Bonchev–Trinajstić information content (AvgIpc) is 2.64. The van der Waals surface area contributed by atoms with Crippen molar-refractivity contribution in [2.45, 2.75) is 12.6 Å². The van der Waals surface area contributed by atoms with Crippen molar-refractivity contribution in [3.8, 4) is 17.2 Å². The third kappa shape index (κ3) is 5.13. The highest BCUT2D eigenvalue weighted by Crippen LogP contribution is 2.30. The van der Waals surface area contributed by atoms with Crippen molar-refractivity contribution in [2.75, 3.05) is 20.2 Å². The van der Waals surface area contributed by atoms with E-state index in [1.807, 2.05) is 24.3 Å². The van der Waals surface area contributed by atoms with Gasteiger partial charge in [-0.15, -0.1) is 24.0 Å². The summed E-state index contributed by atoms with van der Waals surface area (Å²) in [7, 11) is 1.65. The minimum Gasteiger partial charge on any atom is -0.505 e. The molecule has 2 aromatic carbocycles.